The molecule has 5 nitrogen and oxygen atoms in total. The third-order valence-corrected chi connectivity index (χ3v) is 4.33. The van der Waals surface area contributed by atoms with Gasteiger partial charge < -0.3 is 9.88 Å². The first-order chi connectivity index (χ1) is 9.51. The van der Waals surface area contributed by atoms with Crippen molar-refractivity contribution in [3.8, 4) is 0 Å². The number of carbonyl (C=O) groups is 1. The fourth-order valence-electron chi connectivity index (χ4n) is 1.72. The molecule has 106 valence electrons. The van der Waals surface area contributed by atoms with Crippen molar-refractivity contribution in [3.05, 3.63) is 50.3 Å². The van der Waals surface area contributed by atoms with E-state index in [9.17, 15) is 9.59 Å². The Morgan fingerprint density at radius 3 is 2.90 bits per heavy atom. The monoisotopic (exact) mass is 291 g/mol. The fourth-order valence-corrected chi connectivity index (χ4v) is 2.58. The highest BCUT2D eigenvalue weighted by Crippen LogP contribution is 2.20. The zero-order chi connectivity index (χ0) is 14.7. The van der Waals surface area contributed by atoms with E-state index in [4.69, 9.17) is 0 Å². The van der Waals surface area contributed by atoms with Gasteiger partial charge in [-0.15, -0.1) is 11.3 Å². The van der Waals surface area contributed by atoms with Gasteiger partial charge in [-0.05, 0) is 19.4 Å². The molecule has 0 fully saturated rings. The van der Waals surface area contributed by atoms with E-state index >= 15 is 0 Å². The van der Waals surface area contributed by atoms with Crippen molar-refractivity contribution in [1.82, 2.24) is 14.9 Å². The molecule has 2 aromatic heterocycles. The van der Waals surface area contributed by atoms with Gasteiger partial charge in [0.1, 0.15) is 5.01 Å². The zero-order valence-electron chi connectivity index (χ0n) is 11.7. The Morgan fingerprint density at radius 1 is 1.55 bits per heavy atom. The second-order valence-electron chi connectivity index (χ2n) is 4.58. The van der Waals surface area contributed by atoms with Gasteiger partial charge in [0.25, 0.3) is 11.5 Å². The topological polar surface area (TPSA) is 64.0 Å². The summed E-state index contributed by atoms with van der Waals surface area (Å²) in [6, 6.07) is 2.79. The van der Waals surface area contributed by atoms with E-state index in [0.29, 0.717) is 5.56 Å². The number of pyridine rings is 1. The van der Waals surface area contributed by atoms with Crippen molar-refractivity contribution in [1.29, 1.82) is 0 Å². The quantitative estimate of drug-likeness (QED) is 0.935. The SMILES string of the molecule is CCc1cnc(C(C)NC(=O)c2ccn(C)c(=O)c2)s1. The number of nitrogens with one attached hydrogen (secondary N) is 1. The first-order valence-electron chi connectivity index (χ1n) is 6.43. The van der Waals surface area contributed by atoms with Gasteiger partial charge in [-0.25, -0.2) is 4.98 Å². The molecule has 1 atom stereocenters. The molecule has 0 radical (unpaired) electrons. The van der Waals surface area contributed by atoms with Gasteiger partial charge >= 0.3 is 0 Å². The van der Waals surface area contributed by atoms with E-state index in [1.165, 1.54) is 15.5 Å². The molecule has 0 aliphatic carbocycles. The Morgan fingerprint density at radius 2 is 2.30 bits per heavy atom. The van der Waals surface area contributed by atoms with Crippen LogP contribution in [0.4, 0.5) is 0 Å². The average molecular weight is 291 g/mol. The number of thiazole rings is 1. The number of carbonyl (C=O) groups excluding carboxylic acids is 1. The molecule has 0 spiro atoms. The lowest BCUT2D eigenvalue weighted by Gasteiger charge is -2.11. The largest absolute Gasteiger partial charge is 0.343 e. The number of hydrogen-bond donors (Lipinski definition) is 1. The lowest BCUT2D eigenvalue weighted by atomic mass is 10.2. The van der Waals surface area contributed by atoms with Gasteiger partial charge in [0.05, 0.1) is 6.04 Å². The van der Waals surface area contributed by atoms with Crippen LogP contribution < -0.4 is 10.9 Å². The summed E-state index contributed by atoms with van der Waals surface area (Å²) in [5.74, 6) is -0.261. The van der Waals surface area contributed by atoms with Gasteiger partial charge in [-0.3, -0.25) is 9.59 Å². The fraction of sp³-hybridized carbons (Fsp3) is 0.357. The second-order valence-corrected chi connectivity index (χ2v) is 5.72. The van der Waals surface area contributed by atoms with Crippen LogP contribution >= 0.6 is 11.3 Å². The number of nitrogens with zero attached hydrogens (tertiary/aromatic N) is 2. The molecule has 2 aromatic rings. The van der Waals surface area contributed by atoms with Crippen LogP contribution in [0.5, 0.6) is 0 Å². The molecular formula is C14H17N3O2S. The Labute approximate surface area is 121 Å². The third kappa shape index (κ3) is 3.14. The third-order valence-electron chi connectivity index (χ3n) is 3.00. The normalized spacial score (nSPS) is 12.2. The summed E-state index contributed by atoms with van der Waals surface area (Å²) in [6.07, 6.45) is 4.36. The van der Waals surface area contributed by atoms with Crippen LogP contribution in [0.2, 0.25) is 0 Å². The second kappa shape index (κ2) is 6.00. The highest BCUT2D eigenvalue weighted by atomic mass is 32.1. The summed E-state index contributed by atoms with van der Waals surface area (Å²) in [5.41, 5.74) is 0.167. The molecule has 1 unspecified atom stereocenters. The van der Waals surface area contributed by atoms with Crippen LogP contribution in [0.15, 0.2) is 29.3 Å². The number of aryl methyl sites for hydroxylation is 2. The highest BCUT2D eigenvalue weighted by molar-refractivity contribution is 7.11. The molecule has 1 N–H and O–H groups in total. The number of hydrogen-bond acceptors (Lipinski definition) is 4. The van der Waals surface area contributed by atoms with Crippen molar-refractivity contribution >= 4 is 17.2 Å². The van der Waals surface area contributed by atoms with E-state index < -0.39 is 0 Å². The molecule has 0 bridgehead atoms. The van der Waals surface area contributed by atoms with Crippen LogP contribution in [0, 0.1) is 0 Å². The molecule has 0 saturated heterocycles. The van der Waals surface area contributed by atoms with E-state index in [1.807, 2.05) is 13.1 Å². The van der Waals surface area contributed by atoms with E-state index in [-0.39, 0.29) is 17.5 Å². The van der Waals surface area contributed by atoms with E-state index in [2.05, 4.69) is 17.2 Å². The molecule has 2 rings (SSSR count). The number of rotatable bonds is 4. The van der Waals surface area contributed by atoms with Crippen molar-refractivity contribution in [2.45, 2.75) is 26.3 Å². The average Bonchev–Trinajstić information content (AvgIpc) is 2.90. The summed E-state index contributed by atoms with van der Waals surface area (Å²) in [5, 5.41) is 3.73. The molecular weight excluding hydrogens is 274 g/mol. The van der Waals surface area contributed by atoms with Gasteiger partial charge in [0.15, 0.2) is 0 Å². The Kier molecular flexibility index (Phi) is 4.34. The van der Waals surface area contributed by atoms with Crippen LogP contribution in [0.1, 0.15) is 40.1 Å². The first-order valence-corrected chi connectivity index (χ1v) is 7.25. The van der Waals surface area contributed by atoms with Crippen LogP contribution in [0.3, 0.4) is 0 Å². The highest BCUT2D eigenvalue weighted by Gasteiger charge is 2.14. The maximum Gasteiger partial charge on any atom is 0.252 e. The van der Waals surface area contributed by atoms with Crippen molar-refractivity contribution in [2.75, 3.05) is 0 Å². The van der Waals surface area contributed by atoms with Crippen molar-refractivity contribution < 1.29 is 4.79 Å². The summed E-state index contributed by atoms with van der Waals surface area (Å²) in [7, 11) is 1.65. The molecule has 20 heavy (non-hydrogen) atoms. The molecule has 1 amide bonds. The Bertz CT molecular complexity index is 675. The standard InChI is InChI=1S/C14H17N3O2S/c1-4-11-8-15-14(20-11)9(2)16-13(19)10-5-6-17(3)12(18)7-10/h5-9H,4H2,1-3H3,(H,16,19). The minimum atomic E-state index is -0.261. The van der Waals surface area contributed by atoms with Gasteiger partial charge in [0.2, 0.25) is 0 Å². The minimum Gasteiger partial charge on any atom is -0.343 e. The summed E-state index contributed by atoms with van der Waals surface area (Å²) in [4.78, 5) is 29.1. The molecule has 6 heteroatoms. The molecule has 0 saturated carbocycles. The van der Waals surface area contributed by atoms with Crippen molar-refractivity contribution in [2.24, 2.45) is 7.05 Å². The van der Waals surface area contributed by atoms with Gasteiger partial charge in [-0.1, -0.05) is 6.92 Å². The zero-order valence-corrected chi connectivity index (χ0v) is 12.5. The molecule has 2 heterocycles. The first kappa shape index (κ1) is 14.5. The maximum absolute atomic E-state index is 12.1. The number of aromatic nitrogens is 2. The van der Waals surface area contributed by atoms with Crippen LogP contribution in [-0.2, 0) is 13.5 Å². The minimum absolute atomic E-state index is 0.170. The van der Waals surface area contributed by atoms with E-state index in [0.717, 1.165) is 11.4 Å². The summed E-state index contributed by atoms with van der Waals surface area (Å²) in [6.45, 7) is 3.96. The summed E-state index contributed by atoms with van der Waals surface area (Å²) >= 11 is 1.59. The lowest BCUT2D eigenvalue weighted by molar-refractivity contribution is 0.0939. The van der Waals surface area contributed by atoms with Gasteiger partial charge in [0, 0.05) is 35.9 Å². The van der Waals surface area contributed by atoms with Crippen molar-refractivity contribution in [3.63, 3.8) is 0 Å². The molecule has 0 aliphatic heterocycles. The lowest BCUT2D eigenvalue weighted by Crippen LogP contribution is -2.28. The maximum atomic E-state index is 12.1. The number of amides is 1. The smallest absolute Gasteiger partial charge is 0.252 e. The predicted octanol–water partition coefficient (Wildman–Crippen LogP) is 1.90. The van der Waals surface area contributed by atoms with E-state index in [1.54, 1.807) is 30.6 Å². The summed E-state index contributed by atoms with van der Waals surface area (Å²) < 4.78 is 1.43. The van der Waals surface area contributed by atoms with Gasteiger partial charge in [-0.2, -0.15) is 0 Å². The van der Waals surface area contributed by atoms with Crippen LogP contribution in [0.25, 0.3) is 0 Å². The van der Waals surface area contributed by atoms with Crippen LogP contribution in [-0.4, -0.2) is 15.5 Å². The molecule has 0 aliphatic rings. The Hall–Kier alpha value is -1.95. The predicted molar refractivity (Wildman–Crippen MR) is 79.1 cm³/mol. The molecule has 0 aromatic carbocycles. The Balaban J connectivity index is 2.10.